The van der Waals surface area contributed by atoms with Crippen molar-refractivity contribution in [2.45, 2.75) is 45.4 Å². The molecular formula is C24H27NO3. The Morgan fingerprint density at radius 2 is 1.64 bits per heavy atom. The molecule has 3 rings (SSSR count). The molecule has 1 aliphatic rings. The van der Waals surface area contributed by atoms with Gasteiger partial charge in [0.1, 0.15) is 11.5 Å². The maximum absolute atomic E-state index is 12.2. The molecule has 0 atom stereocenters. The van der Waals surface area contributed by atoms with E-state index in [4.69, 9.17) is 14.7 Å². The first-order valence-corrected chi connectivity index (χ1v) is 10.1. The van der Waals surface area contributed by atoms with Crippen LogP contribution in [-0.4, -0.2) is 12.6 Å². The number of hydrogen-bond donors (Lipinski definition) is 0. The zero-order chi connectivity index (χ0) is 19.8. The van der Waals surface area contributed by atoms with Gasteiger partial charge in [0.05, 0.1) is 23.8 Å². The van der Waals surface area contributed by atoms with Crippen molar-refractivity contribution in [1.29, 1.82) is 5.26 Å². The van der Waals surface area contributed by atoms with Gasteiger partial charge in [0, 0.05) is 0 Å². The van der Waals surface area contributed by atoms with E-state index in [9.17, 15) is 4.79 Å². The number of nitriles is 1. The van der Waals surface area contributed by atoms with Gasteiger partial charge in [-0.3, -0.25) is 0 Å². The number of carbonyl (C=O) groups excluding carboxylic acids is 1. The zero-order valence-corrected chi connectivity index (χ0v) is 16.4. The summed E-state index contributed by atoms with van der Waals surface area (Å²) in [5.41, 5.74) is 0.993. The van der Waals surface area contributed by atoms with Crippen molar-refractivity contribution in [3.8, 4) is 17.6 Å². The van der Waals surface area contributed by atoms with Gasteiger partial charge in [-0.25, -0.2) is 4.79 Å². The third-order valence-electron chi connectivity index (χ3n) is 5.44. The lowest BCUT2D eigenvalue weighted by molar-refractivity contribution is 0.0734. The van der Waals surface area contributed by atoms with E-state index >= 15 is 0 Å². The van der Waals surface area contributed by atoms with Gasteiger partial charge < -0.3 is 9.47 Å². The fourth-order valence-corrected chi connectivity index (χ4v) is 3.63. The standard InChI is InChI=1S/C24H27NO3/c1-18-4-6-19(7-5-18)3-2-16-27-22-14-10-21(11-15-22)24(26)28-23-12-8-20(17-25)9-13-23/h8-15,18-19H,2-7,16H2,1H3/t18-,19-. The second-order valence-corrected chi connectivity index (χ2v) is 7.67. The van der Waals surface area contributed by atoms with Crippen molar-refractivity contribution in [2.75, 3.05) is 6.61 Å². The summed E-state index contributed by atoms with van der Waals surface area (Å²) < 4.78 is 11.1. The molecule has 1 aliphatic carbocycles. The predicted molar refractivity (Wildman–Crippen MR) is 108 cm³/mol. The lowest BCUT2D eigenvalue weighted by Gasteiger charge is -2.25. The van der Waals surface area contributed by atoms with Crippen molar-refractivity contribution in [3.63, 3.8) is 0 Å². The largest absolute Gasteiger partial charge is 0.494 e. The normalized spacial score (nSPS) is 18.9. The highest BCUT2D eigenvalue weighted by Crippen LogP contribution is 2.31. The van der Waals surface area contributed by atoms with Crippen molar-refractivity contribution >= 4 is 5.97 Å². The molecule has 2 aromatic rings. The fraction of sp³-hybridized carbons (Fsp3) is 0.417. The molecule has 1 fully saturated rings. The van der Waals surface area contributed by atoms with E-state index < -0.39 is 5.97 Å². The Hall–Kier alpha value is -2.80. The van der Waals surface area contributed by atoms with Gasteiger partial charge in [-0.1, -0.05) is 32.6 Å². The Balaban J connectivity index is 1.41. The molecule has 4 nitrogen and oxygen atoms in total. The van der Waals surface area contributed by atoms with Gasteiger partial charge in [0.15, 0.2) is 0 Å². The second-order valence-electron chi connectivity index (χ2n) is 7.67. The van der Waals surface area contributed by atoms with E-state index in [1.54, 1.807) is 48.5 Å². The first kappa shape index (κ1) is 19.9. The summed E-state index contributed by atoms with van der Waals surface area (Å²) in [5, 5.41) is 8.80. The van der Waals surface area contributed by atoms with Gasteiger partial charge in [-0.05, 0) is 73.2 Å². The Kier molecular flexibility index (Phi) is 7.08. The molecule has 0 bridgehead atoms. The summed E-state index contributed by atoms with van der Waals surface area (Å²) in [6, 6.07) is 15.5. The van der Waals surface area contributed by atoms with Crippen LogP contribution in [0.15, 0.2) is 48.5 Å². The molecule has 28 heavy (non-hydrogen) atoms. The van der Waals surface area contributed by atoms with E-state index in [0.29, 0.717) is 23.5 Å². The maximum Gasteiger partial charge on any atom is 0.343 e. The van der Waals surface area contributed by atoms with E-state index in [-0.39, 0.29) is 0 Å². The van der Waals surface area contributed by atoms with Crippen LogP contribution in [0.25, 0.3) is 0 Å². The highest BCUT2D eigenvalue weighted by molar-refractivity contribution is 5.91. The molecule has 2 aromatic carbocycles. The molecule has 0 unspecified atom stereocenters. The van der Waals surface area contributed by atoms with Gasteiger partial charge in [-0.2, -0.15) is 5.26 Å². The lowest BCUT2D eigenvalue weighted by atomic mass is 9.81. The Morgan fingerprint density at radius 1 is 1.00 bits per heavy atom. The summed E-state index contributed by atoms with van der Waals surface area (Å²) in [6.45, 7) is 3.06. The van der Waals surface area contributed by atoms with Crippen LogP contribution in [0.3, 0.4) is 0 Å². The molecule has 0 amide bonds. The van der Waals surface area contributed by atoms with Crippen LogP contribution in [0, 0.1) is 23.2 Å². The van der Waals surface area contributed by atoms with Gasteiger partial charge in [0.2, 0.25) is 0 Å². The minimum absolute atomic E-state index is 0.418. The molecule has 0 aromatic heterocycles. The SMILES string of the molecule is C[C@H]1CC[C@H](CCCOc2ccc(C(=O)Oc3ccc(C#N)cc3)cc2)CC1. The molecule has 0 heterocycles. The van der Waals surface area contributed by atoms with Crippen LogP contribution in [0.4, 0.5) is 0 Å². The molecule has 0 N–H and O–H groups in total. The number of hydrogen-bond acceptors (Lipinski definition) is 4. The Labute approximate surface area is 167 Å². The summed E-state index contributed by atoms with van der Waals surface area (Å²) >= 11 is 0. The number of ether oxygens (including phenoxy) is 2. The number of benzene rings is 2. The lowest BCUT2D eigenvalue weighted by Crippen LogP contribution is -2.13. The molecule has 146 valence electrons. The number of carbonyl (C=O) groups is 1. The average molecular weight is 377 g/mol. The first-order chi connectivity index (χ1) is 13.6. The fourth-order valence-electron chi connectivity index (χ4n) is 3.63. The van der Waals surface area contributed by atoms with Gasteiger partial charge >= 0.3 is 5.97 Å². The average Bonchev–Trinajstić information content (AvgIpc) is 2.73. The highest BCUT2D eigenvalue weighted by Gasteiger charge is 2.17. The van der Waals surface area contributed by atoms with Crippen molar-refractivity contribution in [1.82, 2.24) is 0 Å². The van der Waals surface area contributed by atoms with Crippen LogP contribution in [0.5, 0.6) is 11.5 Å². The first-order valence-electron chi connectivity index (χ1n) is 10.1. The summed E-state index contributed by atoms with van der Waals surface area (Å²) in [6.07, 6.45) is 7.76. The molecule has 1 saturated carbocycles. The molecule has 0 saturated heterocycles. The van der Waals surface area contributed by atoms with Crippen LogP contribution in [0.1, 0.15) is 61.4 Å². The summed E-state index contributed by atoms with van der Waals surface area (Å²) in [4.78, 5) is 12.2. The zero-order valence-electron chi connectivity index (χ0n) is 16.4. The molecule has 0 spiro atoms. The van der Waals surface area contributed by atoms with E-state index in [0.717, 1.165) is 24.0 Å². The van der Waals surface area contributed by atoms with Crippen molar-refractivity contribution in [3.05, 3.63) is 59.7 Å². The highest BCUT2D eigenvalue weighted by atomic mass is 16.5. The van der Waals surface area contributed by atoms with Gasteiger partial charge in [-0.15, -0.1) is 0 Å². The monoisotopic (exact) mass is 377 g/mol. The van der Waals surface area contributed by atoms with E-state index in [1.807, 2.05) is 6.07 Å². The van der Waals surface area contributed by atoms with Crippen LogP contribution in [0.2, 0.25) is 0 Å². The van der Waals surface area contributed by atoms with Gasteiger partial charge in [0.25, 0.3) is 0 Å². The third-order valence-corrected chi connectivity index (χ3v) is 5.44. The second kappa shape index (κ2) is 9.94. The third kappa shape index (κ3) is 5.85. The molecule has 4 heteroatoms. The molecule has 0 radical (unpaired) electrons. The number of esters is 1. The van der Waals surface area contributed by atoms with Crippen LogP contribution >= 0.6 is 0 Å². The smallest absolute Gasteiger partial charge is 0.343 e. The predicted octanol–water partition coefficient (Wildman–Crippen LogP) is 5.76. The van der Waals surface area contributed by atoms with Crippen molar-refractivity contribution < 1.29 is 14.3 Å². The minimum atomic E-state index is -0.428. The minimum Gasteiger partial charge on any atom is -0.494 e. The molecule has 0 aliphatic heterocycles. The maximum atomic E-state index is 12.2. The Morgan fingerprint density at radius 3 is 2.29 bits per heavy atom. The summed E-state index contributed by atoms with van der Waals surface area (Å²) in [5.74, 6) is 2.52. The van der Waals surface area contributed by atoms with E-state index in [2.05, 4.69) is 6.92 Å². The number of nitrogens with zero attached hydrogens (tertiary/aromatic N) is 1. The van der Waals surface area contributed by atoms with Crippen molar-refractivity contribution in [2.24, 2.45) is 11.8 Å². The topological polar surface area (TPSA) is 59.3 Å². The number of rotatable bonds is 7. The summed E-state index contributed by atoms with van der Waals surface area (Å²) in [7, 11) is 0. The molecular weight excluding hydrogens is 350 g/mol. The quantitative estimate of drug-likeness (QED) is 0.349. The Bertz CT molecular complexity index is 797. The van der Waals surface area contributed by atoms with E-state index in [1.165, 1.54) is 32.1 Å². The van der Waals surface area contributed by atoms with Crippen LogP contribution < -0.4 is 9.47 Å². The van der Waals surface area contributed by atoms with Crippen LogP contribution in [-0.2, 0) is 0 Å².